The van der Waals surface area contributed by atoms with Crippen LogP contribution in [0.5, 0.6) is 0 Å². The molecule has 0 N–H and O–H groups in total. The highest BCUT2D eigenvalue weighted by Gasteiger charge is 2.54. The number of nitrogens with zero attached hydrogens (tertiary/aromatic N) is 4. The fourth-order valence-corrected chi connectivity index (χ4v) is 4.14. The lowest BCUT2D eigenvalue weighted by Crippen LogP contribution is -2.68. The Balaban J connectivity index is 2.36. The van der Waals surface area contributed by atoms with E-state index in [4.69, 9.17) is 4.74 Å². The normalized spacial score (nSPS) is 24.6. The highest BCUT2D eigenvalue weighted by atomic mass is 16.5. The van der Waals surface area contributed by atoms with Crippen LogP contribution in [-0.2, 0) is 9.53 Å². The zero-order valence-electron chi connectivity index (χ0n) is 15.5. The summed E-state index contributed by atoms with van der Waals surface area (Å²) in [6.45, 7) is 7.59. The Morgan fingerprint density at radius 2 is 2.04 bits per heavy atom. The Hall–Kier alpha value is -2.57. The third kappa shape index (κ3) is 2.22. The number of benzene rings is 1. The number of rotatable bonds is 2. The molecule has 1 aromatic carbocycles. The van der Waals surface area contributed by atoms with Crippen molar-refractivity contribution in [3.05, 3.63) is 23.8 Å². The van der Waals surface area contributed by atoms with Gasteiger partial charge in [0.1, 0.15) is 12.0 Å². The van der Waals surface area contributed by atoms with Crippen LogP contribution in [0, 0.1) is 0 Å². The van der Waals surface area contributed by atoms with Crippen molar-refractivity contribution >= 4 is 29.1 Å². The minimum atomic E-state index is -0.496. The molecular weight excluding hydrogens is 320 g/mol. The molecule has 2 aliphatic heterocycles. The fraction of sp³-hybridized carbons (Fsp3) is 0.500. The Kier molecular flexibility index (Phi) is 3.97. The molecule has 1 amide bonds. The van der Waals surface area contributed by atoms with Gasteiger partial charge in [0.15, 0.2) is 0 Å². The lowest BCUT2D eigenvalue weighted by Gasteiger charge is -2.54. The molecule has 0 saturated carbocycles. The SMILES string of the molecule is CCC1(C)C2N(C)N=C(C)N2c2c(C(=O)OC)cccc2N1C(C)=O. The van der Waals surface area contributed by atoms with Gasteiger partial charge < -0.3 is 14.5 Å². The number of hydrazone groups is 1. The van der Waals surface area contributed by atoms with Crippen LogP contribution in [0.25, 0.3) is 0 Å². The van der Waals surface area contributed by atoms with Crippen LogP contribution in [0.15, 0.2) is 23.3 Å². The summed E-state index contributed by atoms with van der Waals surface area (Å²) < 4.78 is 4.96. The van der Waals surface area contributed by atoms with Gasteiger partial charge in [0.25, 0.3) is 0 Å². The molecule has 0 bridgehead atoms. The Bertz CT molecular complexity index is 776. The molecule has 2 atom stereocenters. The van der Waals surface area contributed by atoms with E-state index in [0.29, 0.717) is 16.9 Å². The zero-order valence-corrected chi connectivity index (χ0v) is 15.5. The lowest BCUT2D eigenvalue weighted by molar-refractivity contribution is -0.118. The van der Waals surface area contributed by atoms with Crippen LogP contribution in [0.1, 0.15) is 44.5 Å². The molecule has 0 fully saturated rings. The monoisotopic (exact) mass is 344 g/mol. The number of amides is 1. The molecule has 2 unspecified atom stereocenters. The molecule has 0 aromatic heterocycles. The molecule has 0 radical (unpaired) electrons. The third-order valence-corrected chi connectivity index (χ3v) is 5.25. The van der Waals surface area contributed by atoms with E-state index in [0.717, 1.165) is 12.3 Å². The van der Waals surface area contributed by atoms with E-state index >= 15 is 0 Å². The molecule has 3 rings (SSSR count). The zero-order chi connectivity index (χ0) is 18.5. The van der Waals surface area contributed by atoms with Gasteiger partial charge in [-0.2, -0.15) is 5.10 Å². The van der Waals surface area contributed by atoms with Gasteiger partial charge in [-0.1, -0.05) is 13.0 Å². The molecule has 0 spiro atoms. The Morgan fingerprint density at radius 1 is 1.36 bits per heavy atom. The van der Waals surface area contributed by atoms with Gasteiger partial charge in [-0.3, -0.25) is 9.80 Å². The summed E-state index contributed by atoms with van der Waals surface area (Å²) in [5, 5.41) is 6.45. The van der Waals surface area contributed by atoms with Gasteiger partial charge in [-0.15, -0.1) is 0 Å². The number of para-hydroxylation sites is 1. The molecule has 7 nitrogen and oxygen atoms in total. The number of carbonyl (C=O) groups excluding carboxylic acids is 2. The van der Waals surface area contributed by atoms with Crippen LogP contribution in [0.4, 0.5) is 11.4 Å². The van der Waals surface area contributed by atoms with E-state index in [1.54, 1.807) is 24.0 Å². The van der Waals surface area contributed by atoms with Crippen molar-refractivity contribution in [1.82, 2.24) is 5.01 Å². The number of hydrogen-bond donors (Lipinski definition) is 0. The summed E-state index contributed by atoms with van der Waals surface area (Å²) in [5.74, 6) is 0.291. The smallest absolute Gasteiger partial charge is 0.340 e. The number of ether oxygens (including phenoxy) is 1. The first-order valence-corrected chi connectivity index (χ1v) is 8.37. The summed E-state index contributed by atoms with van der Waals surface area (Å²) in [7, 11) is 3.25. The van der Waals surface area contributed by atoms with E-state index in [2.05, 4.69) is 18.9 Å². The fourth-order valence-electron chi connectivity index (χ4n) is 4.14. The number of hydrogen-bond acceptors (Lipinski definition) is 6. The number of esters is 1. The maximum atomic E-state index is 12.6. The van der Waals surface area contributed by atoms with Crippen molar-refractivity contribution < 1.29 is 14.3 Å². The number of methoxy groups -OCH3 is 1. The molecular formula is C18H24N4O3. The standard InChI is InChI=1S/C18H24N4O3/c1-7-18(4)17-20(5)19-11(2)21(17)15-13(16(24)25-6)9-8-10-14(15)22(18)12(3)23/h8-10,17H,7H2,1-6H3. The van der Waals surface area contributed by atoms with Crippen molar-refractivity contribution in [1.29, 1.82) is 0 Å². The van der Waals surface area contributed by atoms with Gasteiger partial charge in [0.2, 0.25) is 5.91 Å². The predicted octanol–water partition coefficient (Wildman–Crippen LogP) is 2.42. The number of fused-ring (bicyclic) bond motifs is 3. The van der Waals surface area contributed by atoms with Gasteiger partial charge >= 0.3 is 5.97 Å². The minimum Gasteiger partial charge on any atom is -0.465 e. The van der Waals surface area contributed by atoms with Crippen LogP contribution in [0.3, 0.4) is 0 Å². The molecule has 0 saturated heterocycles. The second kappa shape index (κ2) is 5.75. The van der Waals surface area contributed by atoms with Crippen molar-refractivity contribution in [2.24, 2.45) is 5.10 Å². The van der Waals surface area contributed by atoms with E-state index in [1.165, 1.54) is 7.11 Å². The van der Waals surface area contributed by atoms with Gasteiger partial charge in [0, 0.05) is 14.0 Å². The van der Waals surface area contributed by atoms with Crippen LogP contribution in [0.2, 0.25) is 0 Å². The average molecular weight is 344 g/mol. The van der Waals surface area contributed by atoms with Gasteiger partial charge in [-0.05, 0) is 32.4 Å². The highest BCUT2D eigenvalue weighted by molar-refractivity contribution is 6.12. The largest absolute Gasteiger partial charge is 0.465 e. The topological polar surface area (TPSA) is 65.5 Å². The number of carbonyl (C=O) groups is 2. The molecule has 2 heterocycles. The summed E-state index contributed by atoms with van der Waals surface area (Å²) in [5.41, 5.74) is 1.31. The Labute approximate surface area is 147 Å². The van der Waals surface area contributed by atoms with E-state index in [-0.39, 0.29) is 12.1 Å². The Morgan fingerprint density at radius 3 is 2.60 bits per heavy atom. The van der Waals surface area contributed by atoms with Crippen molar-refractivity contribution in [3.63, 3.8) is 0 Å². The third-order valence-electron chi connectivity index (χ3n) is 5.25. The van der Waals surface area contributed by atoms with Crippen LogP contribution in [-0.4, -0.2) is 48.6 Å². The quantitative estimate of drug-likeness (QED) is 0.771. The molecule has 25 heavy (non-hydrogen) atoms. The van der Waals surface area contributed by atoms with E-state index in [9.17, 15) is 9.59 Å². The molecule has 2 aliphatic rings. The molecule has 0 aliphatic carbocycles. The van der Waals surface area contributed by atoms with Crippen molar-refractivity contribution in [2.45, 2.75) is 45.8 Å². The molecule has 7 heteroatoms. The van der Waals surface area contributed by atoms with Gasteiger partial charge in [0.05, 0.1) is 29.6 Å². The lowest BCUT2D eigenvalue weighted by atomic mass is 9.86. The maximum Gasteiger partial charge on any atom is 0.340 e. The molecule has 1 aromatic rings. The molecule has 134 valence electrons. The first-order valence-electron chi connectivity index (χ1n) is 8.37. The highest BCUT2D eigenvalue weighted by Crippen LogP contribution is 2.49. The van der Waals surface area contributed by atoms with Crippen LogP contribution >= 0.6 is 0 Å². The van der Waals surface area contributed by atoms with Crippen molar-refractivity contribution in [2.75, 3.05) is 24.0 Å². The number of likely N-dealkylation sites (N-methyl/N-ethyl adjacent to an activating group) is 1. The second-order valence-corrected chi connectivity index (χ2v) is 6.69. The minimum absolute atomic E-state index is 0.0646. The van der Waals surface area contributed by atoms with E-state index in [1.807, 2.05) is 29.9 Å². The number of amidine groups is 1. The maximum absolute atomic E-state index is 12.6. The summed E-state index contributed by atoms with van der Waals surface area (Å²) >= 11 is 0. The second-order valence-electron chi connectivity index (χ2n) is 6.69. The summed E-state index contributed by atoms with van der Waals surface area (Å²) in [6, 6.07) is 5.38. The average Bonchev–Trinajstić information content (AvgIpc) is 2.88. The number of anilines is 2. The summed E-state index contributed by atoms with van der Waals surface area (Å²) in [4.78, 5) is 28.8. The first kappa shape index (κ1) is 17.3. The summed E-state index contributed by atoms with van der Waals surface area (Å²) in [6.07, 6.45) is 0.544. The van der Waals surface area contributed by atoms with E-state index < -0.39 is 11.5 Å². The van der Waals surface area contributed by atoms with Gasteiger partial charge in [-0.25, -0.2) is 4.79 Å². The first-order chi connectivity index (χ1) is 11.8. The van der Waals surface area contributed by atoms with Crippen molar-refractivity contribution in [3.8, 4) is 0 Å². The predicted molar refractivity (Wildman–Crippen MR) is 96.8 cm³/mol. The van der Waals surface area contributed by atoms with Crippen LogP contribution < -0.4 is 9.80 Å².